The number of rotatable bonds is 7. The van der Waals surface area contributed by atoms with Crippen LogP contribution in [0.4, 0.5) is 0 Å². The number of terminal acetylenes is 1. The van der Waals surface area contributed by atoms with Gasteiger partial charge in [-0.2, -0.15) is 4.99 Å². The van der Waals surface area contributed by atoms with E-state index in [1.807, 2.05) is 6.07 Å². The van der Waals surface area contributed by atoms with Gasteiger partial charge in [0.2, 0.25) is 0 Å². The Kier molecular flexibility index (Phi) is 7.04. The Morgan fingerprint density at radius 1 is 1.20 bits per heavy atom. The van der Waals surface area contributed by atoms with Crippen LogP contribution in [-0.4, -0.2) is 30.2 Å². The minimum Gasteiger partial charge on any atom is -0.494 e. The molecular weight excluding hydrogens is 400 g/mol. The zero-order chi connectivity index (χ0) is 21.5. The topological polar surface area (TPSA) is 69.9 Å². The van der Waals surface area contributed by atoms with Gasteiger partial charge in [-0.15, -0.1) is 6.42 Å². The Morgan fingerprint density at radius 2 is 2.03 bits per heavy atom. The van der Waals surface area contributed by atoms with Crippen molar-refractivity contribution >= 4 is 33.4 Å². The summed E-state index contributed by atoms with van der Waals surface area (Å²) < 4.78 is 13.0. The van der Waals surface area contributed by atoms with Crippen LogP contribution in [0.2, 0.25) is 0 Å². The van der Waals surface area contributed by atoms with Gasteiger partial charge in [0.1, 0.15) is 5.75 Å². The number of amides is 1. The van der Waals surface area contributed by atoms with Gasteiger partial charge in [0.15, 0.2) is 4.80 Å². The van der Waals surface area contributed by atoms with Crippen LogP contribution in [0, 0.1) is 12.3 Å². The normalized spacial score (nSPS) is 11.3. The second-order valence-electron chi connectivity index (χ2n) is 6.50. The maximum Gasteiger partial charge on any atom is 0.337 e. The highest BCUT2D eigenvalue weighted by atomic mass is 32.1. The first kappa shape index (κ1) is 21.3. The molecule has 7 heteroatoms. The van der Waals surface area contributed by atoms with Gasteiger partial charge in [0, 0.05) is 5.56 Å². The number of fused-ring (bicyclic) bond motifs is 1. The minimum atomic E-state index is -0.428. The molecule has 0 aliphatic carbocycles. The standard InChI is InChI=1S/C23H22N2O4S/c1-4-6-13-29-18-9-7-8-16(14-18)21(26)24-23-25(12-5-2)19-11-10-17(22(27)28-3)15-20(19)30-23/h2,7-11,14-15H,4,6,12-13H2,1,3H3. The molecule has 0 unspecified atom stereocenters. The summed E-state index contributed by atoms with van der Waals surface area (Å²) in [6, 6.07) is 12.1. The van der Waals surface area contributed by atoms with Gasteiger partial charge in [-0.3, -0.25) is 4.79 Å². The smallest absolute Gasteiger partial charge is 0.337 e. The molecule has 154 valence electrons. The summed E-state index contributed by atoms with van der Waals surface area (Å²) in [7, 11) is 1.33. The summed E-state index contributed by atoms with van der Waals surface area (Å²) in [4.78, 5) is 29.4. The van der Waals surface area contributed by atoms with Crippen molar-refractivity contribution < 1.29 is 19.1 Å². The zero-order valence-corrected chi connectivity index (χ0v) is 17.7. The molecule has 3 rings (SSSR count). The molecule has 2 aromatic carbocycles. The SMILES string of the molecule is C#CCn1c(=NC(=O)c2cccc(OCCCC)c2)sc2cc(C(=O)OC)ccc21. The summed E-state index contributed by atoms with van der Waals surface area (Å²) >= 11 is 1.29. The van der Waals surface area contributed by atoms with Crippen LogP contribution in [0.1, 0.15) is 40.5 Å². The van der Waals surface area contributed by atoms with E-state index in [1.165, 1.54) is 18.4 Å². The lowest BCUT2D eigenvalue weighted by Gasteiger charge is -2.06. The monoisotopic (exact) mass is 422 g/mol. The van der Waals surface area contributed by atoms with E-state index in [4.69, 9.17) is 15.9 Å². The Labute approximate surface area is 178 Å². The van der Waals surface area contributed by atoms with E-state index in [2.05, 4.69) is 17.8 Å². The average molecular weight is 423 g/mol. The molecular formula is C23H22N2O4S. The number of methoxy groups -OCH3 is 1. The van der Waals surface area contributed by atoms with Crippen molar-refractivity contribution in [2.45, 2.75) is 26.3 Å². The summed E-state index contributed by atoms with van der Waals surface area (Å²) in [6.07, 6.45) is 7.50. The highest BCUT2D eigenvalue weighted by molar-refractivity contribution is 7.16. The molecule has 0 aliphatic rings. The Morgan fingerprint density at radius 3 is 2.77 bits per heavy atom. The summed E-state index contributed by atoms with van der Waals surface area (Å²) in [5.74, 6) is 2.41. The highest BCUT2D eigenvalue weighted by Crippen LogP contribution is 2.20. The van der Waals surface area contributed by atoms with E-state index in [1.54, 1.807) is 41.0 Å². The summed E-state index contributed by atoms with van der Waals surface area (Å²) in [5, 5.41) is 0. The maximum absolute atomic E-state index is 12.8. The Bertz CT molecular complexity index is 1180. The molecule has 0 spiro atoms. The molecule has 0 bridgehead atoms. The van der Waals surface area contributed by atoms with Crippen molar-refractivity contribution in [2.24, 2.45) is 4.99 Å². The van der Waals surface area contributed by atoms with Gasteiger partial charge in [-0.05, 0) is 42.8 Å². The summed E-state index contributed by atoms with van der Waals surface area (Å²) in [5.41, 5.74) is 1.66. The first-order valence-electron chi connectivity index (χ1n) is 9.54. The number of ether oxygens (including phenoxy) is 2. The van der Waals surface area contributed by atoms with Crippen molar-refractivity contribution in [3.8, 4) is 18.1 Å². The number of benzene rings is 2. The molecule has 0 radical (unpaired) electrons. The molecule has 1 aromatic heterocycles. The quantitative estimate of drug-likeness (QED) is 0.327. The van der Waals surface area contributed by atoms with Crippen molar-refractivity contribution in [3.63, 3.8) is 0 Å². The number of hydrogen-bond donors (Lipinski definition) is 0. The number of carbonyl (C=O) groups excluding carboxylic acids is 2. The number of unbranched alkanes of at least 4 members (excludes halogenated alkanes) is 1. The van der Waals surface area contributed by atoms with Crippen LogP contribution in [0.25, 0.3) is 10.2 Å². The minimum absolute atomic E-state index is 0.254. The predicted octanol–water partition coefficient (Wildman–Crippen LogP) is 4.04. The molecule has 0 N–H and O–H groups in total. The number of hydrogen-bond acceptors (Lipinski definition) is 5. The number of esters is 1. The van der Waals surface area contributed by atoms with Crippen molar-refractivity contribution in [1.82, 2.24) is 4.57 Å². The molecule has 0 saturated carbocycles. The second kappa shape index (κ2) is 9.90. The number of aromatic nitrogens is 1. The molecule has 1 heterocycles. The van der Waals surface area contributed by atoms with E-state index in [0.29, 0.717) is 28.3 Å². The zero-order valence-electron chi connectivity index (χ0n) is 16.9. The fraction of sp³-hybridized carbons (Fsp3) is 0.261. The first-order valence-corrected chi connectivity index (χ1v) is 10.4. The molecule has 1 amide bonds. The lowest BCUT2D eigenvalue weighted by atomic mass is 10.2. The van der Waals surface area contributed by atoms with Crippen LogP contribution in [0.15, 0.2) is 47.5 Å². The van der Waals surface area contributed by atoms with E-state index >= 15 is 0 Å². The third-order valence-electron chi connectivity index (χ3n) is 4.40. The van der Waals surface area contributed by atoms with E-state index in [0.717, 1.165) is 23.1 Å². The molecule has 0 atom stereocenters. The number of nitrogens with zero attached hydrogens (tertiary/aromatic N) is 2. The van der Waals surface area contributed by atoms with Gasteiger partial charge < -0.3 is 14.0 Å². The van der Waals surface area contributed by atoms with Gasteiger partial charge in [-0.1, -0.05) is 36.7 Å². The fourth-order valence-electron chi connectivity index (χ4n) is 2.85. The van der Waals surface area contributed by atoms with Crippen LogP contribution in [-0.2, 0) is 11.3 Å². The molecule has 0 fully saturated rings. The molecule has 0 aliphatic heterocycles. The highest BCUT2D eigenvalue weighted by Gasteiger charge is 2.12. The van der Waals surface area contributed by atoms with Crippen molar-refractivity contribution in [1.29, 1.82) is 0 Å². The Hall–Kier alpha value is -3.37. The molecule has 0 saturated heterocycles. The fourth-order valence-corrected chi connectivity index (χ4v) is 3.92. The molecule has 6 nitrogen and oxygen atoms in total. The van der Waals surface area contributed by atoms with E-state index in [-0.39, 0.29) is 12.5 Å². The number of carbonyl (C=O) groups is 2. The maximum atomic E-state index is 12.8. The van der Waals surface area contributed by atoms with Crippen molar-refractivity contribution in [2.75, 3.05) is 13.7 Å². The second-order valence-corrected chi connectivity index (χ2v) is 7.50. The van der Waals surface area contributed by atoms with E-state index in [9.17, 15) is 9.59 Å². The molecule has 3 aromatic rings. The average Bonchev–Trinajstić information content (AvgIpc) is 3.10. The first-order chi connectivity index (χ1) is 14.6. The van der Waals surface area contributed by atoms with E-state index < -0.39 is 5.97 Å². The largest absolute Gasteiger partial charge is 0.494 e. The van der Waals surface area contributed by atoms with Gasteiger partial charge >= 0.3 is 5.97 Å². The van der Waals surface area contributed by atoms with Crippen LogP contribution in [0.5, 0.6) is 5.75 Å². The van der Waals surface area contributed by atoms with Crippen molar-refractivity contribution in [3.05, 3.63) is 58.4 Å². The van der Waals surface area contributed by atoms with Crippen LogP contribution >= 0.6 is 11.3 Å². The lowest BCUT2D eigenvalue weighted by Crippen LogP contribution is -2.16. The third kappa shape index (κ3) is 4.78. The lowest BCUT2D eigenvalue weighted by molar-refractivity contribution is 0.0601. The Balaban J connectivity index is 1.99. The molecule has 30 heavy (non-hydrogen) atoms. The predicted molar refractivity (Wildman–Crippen MR) is 117 cm³/mol. The van der Waals surface area contributed by atoms with Gasteiger partial charge in [0.25, 0.3) is 5.91 Å². The van der Waals surface area contributed by atoms with Crippen LogP contribution < -0.4 is 9.54 Å². The van der Waals surface area contributed by atoms with Crippen LogP contribution in [0.3, 0.4) is 0 Å². The van der Waals surface area contributed by atoms with Gasteiger partial charge in [0.05, 0.1) is 36.0 Å². The third-order valence-corrected chi connectivity index (χ3v) is 5.44. The van der Waals surface area contributed by atoms with Gasteiger partial charge in [-0.25, -0.2) is 4.79 Å². The number of thiazole rings is 1. The summed E-state index contributed by atoms with van der Waals surface area (Å²) in [6.45, 7) is 2.95.